The third-order valence-electron chi connectivity index (χ3n) is 2.69. The molecule has 0 aromatic rings. The number of nitrogens with two attached hydrogens (primary N) is 1. The number of carbonyl (C=O) groups excluding carboxylic acids is 2. The van der Waals surface area contributed by atoms with Gasteiger partial charge in [0.25, 0.3) is 0 Å². The number of nitrogens with one attached hydrogen (secondary N) is 1. The van der Waals surface area contributed by atoms with E-state index < -0.39 is 35.3 Å². The Hall–Kier alpha value is -1.63. The maximum Gasteiger partial charge on any atom is 0.326 e. The predicted molar refractivity (Wildman–Crippen MR) is 68.2 cm³/mol. The highest BCUT2D eigenvalue weighted by molar-refractivity contribution is 5.87. The first-order chi connectivity index (χ1) is 8.59. The third-order valence-corrected chi connectivity index (χ3v) is 2.69. The Kier molecular flexibility index (Phi) is 6.47. The summed E-state index contributed by atoms with van der Waals surface area (Å²) >= 11 is 0. The Balaban J connectivity index is 4.55. The number of amides is 1. The molecule has 0 rings (SSSR count). The van der Waals surface area contributed by atoms with Crippen molar-refractivity contribution in [1.29, 1.82) is 0 Å². The number of carbonyl (C=O) groups is 3. The van der Waals surface area contributed by atoms with Crippen molar-refractivity contribution in [3.63, 3.8) is 0 Å². The molecule has 7 nitrogen and oxygen atoms in total. The molecule has 19 heavy (non-hydrogen) atoms. The molecule has 0 radical (unpaired) electrons. The minimum Gasteiger partial charge on any atom is -0.480 e. The van der Waals surface area contributed by atoms with Gasteiger partial charge in [-0.25, -0.2) is 4.79 Å². The van der Waals surface area contributed by atoms with Crippen LogP contribution in [0.2, 0.25) is 0 Å². The molecule has 2 atom stereocenters. The van der Waals surface area contributed by atoms with Crippen molar-refractivity contribution < 1.29 is 24.2 Å². The number of hydrogen-bond donors (Lipinski definition) is 3. The summed E-state index contributed by atoms with van der Waals surface area (Å²) in [6, 6.07) is -1.98. The Labute approximate surface area is 112 Å². The van der Waals surface area contributed by atoms with Crippen LogP contribution >= 0.6 is 0 Å². The summed E-state index contributed by atoms with van der Waals surface area (Å²) in [5.74, 6) is -2.29. The number of carboxylic acid groups (broad SMARTS) is 1. The second-order valence-electron chi connectivity index (χ2n) is 5.36. The van der Waals surface area contributed by atoms with Crippen molar-refractivity contribution in [2.24, 2.45) is 11.1 Å². The molecule has 0 heterocycles. The lowest BCUT2D eigenvalue weighted by molar-refractivity contribution is -0.144. The average Bonchev–Trinajstić information content (AvgIpc) is 2.30. The van der Waals surface area contributed by atoms with Crippen LogP contribution in [-0.2, 0) is 19.1 Å². The Morgan fingerprint density at radius 2 is 1.84 bits per heavy atom. The summed E-state index contributed by atoms with van der Waals surface area (Å²) in [5, 5.41) is 11.3. The second kappa shape index (κ2) is 7.08. The molecular formula is C12H22N2O5. The fraction of sp³-hybridized carbons (Fsp3) is 0.750. The first-order valence-electron chi connectivity index (χ1n) is 5.95. The SMILES string of the molecule is COC(=O)CCC(NC(=O)C(N)C(C)(C)C)C(=O)O. The van der Waals surface area contributed by atoms with E-state index in [2.05, 4.69) is 10.1 Å². The summed E-state index contributed by atoms with van der Waals surface area (Å²) in [5.41, 5.74) is 5.25. The molecule has 4 N–H and O–H groups in total. The number of ether oxygens (including phenoxy) is 1. The number of carboxylic acids is 1. The van der Waals surface area contributed by atoms with Gasteiger partial charge in [-0.05, 0) is 11.8 Å². The van der Waals surface area contributed by atoms with Gasteiger partial charge in [0.05, 0.1) is 13.2 Å². The maximum absolute atomic E-state index is 11.8. The molecule has 0 aliphatic rings. The van der Waals surface area contributed by atoms with E-state index in [1.807, 2.05) is 0 Å². The molecule has 0 bridgehead atoms. The number of aliphatic carboxylic acids is 1. The highest BCUT2D eigenvalue weighted by Crippen LogP contribution is 2.17. The lowest BCUT2D eigenvalue weighted by atomic mass is 9.87. The van der Waals surface area contributed by atoms with Crippen LogP contribution in [0.15, 0.2) is 0 Å². The largest absolute Gasteiger partial charge is 0.480 e. The zero-order valence-corrected chi connectivity index (χ0v) is 11.7. The summed E-state index contributed by atoms with van der Waals surface area (Å²) in [6.07, 6.45) is -0.122. The highest BCUT2D eigenvalue weighted by Gasteiger charge is 2.30. The molecule has 0 aromatic heterocycles. The molecule has 0 aromatic carbocycles. The summed E-state index contributed by atoms with van der Waals surface area (Å²) in [7, 11) is 1.21. The Morgan fingerprint density at radius 3 is 2.21 bits per heavy atom. The van der Waals surface area contributed by atoms with Gasteiger partial charge in [-0.3, -0.25) is 9.59 Å². The van der Waals surface area contributed by atoms with Crippen LogP contribution in [0.5, 0.6) is 0 Å². The monoisotopic (exact) mass is 274 g/mol. The van der Waals surface area contributed by atoms with Crippen LogP contribution in [0.25, 0.3) is 0 Å². The molecule has 0 saturated carbocycles. The highest BCUT2D eigenvalue weighted by atomic mass is 16.5. The van der Waals surface area contributed by atoms with Crippen LogP contribution in [0, 0.1) is 5.41 Å². The standard InChI is InChI=1S/C12H22N2O5/c1-12(2,3)9(13)10(16)14-7(11(17)18)5-6-8(15)19-4/h7,9H,5-6,13H2,1-4H3,(H,14,16)(H,17,18). The fourth-order valence-electron chi connectivity index (χ4n) is 1.28. The van der Waals surface area contributed by atoms with E-state index in [0.717, 1.165) is 0 Å². The van der Waals surface area contributed by atoms with E-state index in [-0.39, 0.29) is 12.8 Å². The van der Waals surface area contributed by atoms with E-state index in [0.29, 0.717) is 0 Å². The molecule has 7 heteroatoms. The molecule has 0 fully saturated rings. The fourth-order valence-corrected chi connectivity index (χ4v) is 1.28. The van der Waals surface area contributed by atoms with Crippen molar-refractivity contribution in [3.05, 3.63) is 0 Å². The molecule has 0 aliphatic heterocycles. The normalized spacial score (nSPS) is 14.4. The quantitative estimate of drug-likeness (QED) is 0.581. The van der Waals surface area contributed by atoms with Gasteiger partial charge in [-0.2, -0.15) is 0 Å². The van der Waals surface area contributed by atoms with Gasteiger partial charge >= 0.3 is 11.9 Å². The van der Waals surface area contributed by atoms with Crippen molar-refractivity contribution in [1.82, 2.24) is 5.32 Å². The average molecular weight is 274 g/mol. The van der Waals surface area contributed by atoms with Gasteiger partial charge in [0, 0.05) is 6.42 Å². The maximum atomic E-state index is 11.8. The van der Waals surface area contributed by atoms with Gasteiger partial charge in [0.15, 0.2) is 0 Å². The smallest absolute Gasteiger partial charge is 0.326 e. The number of esters is 1. The van der Waals surface area contributed by atoms with Crippen LogP contribution in [0.3, 0.4) is 0 Å². The topological polar surface area (TPSA) is 119 Å². The van der Waals surface area contributed by atoms with Crippen LogP contribution in [0.1, 0.15) is 33.6 Å². The Bertz CT molecular complexity index is 349. The van der Waals surface area contributed by atoms with E-state index >= 15 is 0 Å². The van der Waals surface area contributed by atoms with E-state index in [4.69, 9.17) is 10.8 Å². The molecule has 2 unspecified atom stereocenters. The first kappa shape index (κ1) is 17.4. The van der Waals surface area contributed by atoms with Crippen molar-refractivity contribution in [2.75, 3.05) is 7.11 Å². The molecule has 0 saturated heterocycles. The minimum absolute atomic E-state index is 0.0371. The number of hydrogen-bond acceptors (Lipinski definition) is 5. The minimum atomic E-state index is -1.21. The van der Waals surface area contributed by atoms with Gasteiger partial charge in [-0.1, -0.05) is 20.8 Å². The summed E-state index contributed by atoms with van der Waals surface area (Å²) < 4.78 is 4.42. The molecular weight excluding hydrogens is 252 g/mol. The lowest BCUT2D eigenvalue weighted by Gasteiger charge is -2.27. The second-order valence-corrected chi connectivity index (χ2v) is 5.36. The summed E-state index contributed by atoms with van der Waals surface area (Å²) in [4.78, 5) is 33.8. The van der Waals surface area contributed by atoms with E-state index in [1.54, 1.807) is 20.8 Å². The third kappa shape index (κ3) is 6.19. The zero-order chi connectivity index (χ0) is 15.2. The molecule has 0 aliphatic carbocycles. The van der Waals surface area contributed by atoms with E-state index in [9.17, 15) is 14.4 Å². The van der Waals surface area contributed by atoms with Gasteiger partial charge in [0.1, 0.15) is 6.04 Å². The molecule has 1 amide bonds. The van der Waals surface area contributed by atoms with Crippen LogP contribution in [-0.4, -0.2) is 42.1 Å². The number of methoxy groups -OCH3 is 1. The van der Waals surface area contributed by atoms with Gasteiger partial charge in [-0.15, -0.1) is 0 Å². The van der Waals surface area contributed by atoms with Gasteiger partial charge < -0.3 is 20.9 Å². The number of rotatable bonds is 6. The van der Waals surface area contributed by atoms with Crippen molar-refractivity contribution in [3.8, 4) is 0 Å². The zero-order valence-electron chi connectivity index (χ0n) is 11.7. The lowest BCUT2D eigenvalue weighted by Crippen LogP contribution is -2.53. The summed E-state index contributed by atoms with van der Waals surface area (Å²) in [6.45, 7) is 5.34. The van der Waals surface area contributed by atoms with Crippen LogP contribution < -0.4 is 11.1 Å². The molecule has 0 spiro atoms. The predicted octanol–water partition coefficient (Wildman–Crippen LogP) is -0.118. The van der Waals surface area contributed by atoms with Crippen LogP contribution in [0.4, 0.5) is 0 Å². The van der Waals surface area contributed by atoms with Gasteiger partial charge in [0.2, 0.25) is 5.91 Å². The first-order valence-corrected chi connectivity index (χ1v) is 5.95. The molecule has 110 valence electrons. The van der Waals surface area contributed by atoms with Crippen molar-refractivity contribution in [2.45, 2.75) is 45.7 Å². The Morgan fingerprint density at radius 1 is 1.32 bits per heavy atom. The van der Waals surface area contributed by atoms with E-state index in [1.165, 1.54) is 7.11 Å². The van der Waals surface area contributed by atoms with Crippen molar-refractivity contribution >= 4 is 17.8 Å².